The monoisotopic (exact) mass is 447 g/mol. The molecule has 2 heterocycles. The lowest BCUT2D eigenvalue weighted by Gasteiger charge is -2.30. The van der Waals surface area contributed by atoms with Crippen LogP contribution in [0.25, 0.3) is 0 Å². The second kappa shape index (κ2) is 8.76. The lowest BCUT2D eigenvalue weighted by atomic mass is 9.83. The molecule has 2 aromatic carbocycles. The Morgan fingerprint density at radius 3 is 2.38 bits per heavy atom. The van der Waals surface area contributed by atoms with Crippen LogP contribution < -0.4 is 10.5 Å². The predicted molar refractivity (Wildman–Crippen MR) is 122 cm³/mol. The summed E-state index contributed by atoms with van der Waals surface area (Å²) in [7, 11) is 0. The molecule has 7 nitrogen and oxygen atoms in total. The van der Waals surface area contributed by atoms with Crippen LogP contribution >= 0.6 is 12.2 Å². The number of nitrogens with two attached hydrogens (primary N) is 1. The summed E-state index contributed by atoms with van der Waals surface area (Å²) in [5.74, 6) is -0.998. The van der Waals surface area contributed by atoms with Gasteiger partial charge in [0.25, 0.3) is 5.91 Å². The van der Waals surface area contributed by atoms with Crippen molar-refractivity contribution in [1.29, 1.82) is 0 Å². The zero-order chi connectivity index (χ0) is 22.8. The Morgan fingerprint density at radius 2 is 1.75 bits per heavy atom. The quantitative estimate of drug-likeness (QED) is 0.472. The van der Waals surface area contributed by atoms with Gasteiger partial charge in [-0.1, -0.05) is 48.5 Å². The number of fused-ring (bicyclic) bond motifs is 1. The van der Waals surface area contributed by atoms with Crippen LogP contribution in [-0.4, -0.2) is 28.0 Å². The first-order chi connectivity index (χ1) is 15.4. The number of benzene rings is 2. The number of anilines is 1. The summed E-state index contributed by atoms with van der Waals surface area (Å²) in [4.78, 5) is 30.5. The highest BCUT2D eigenvalue weighted by atomic mass is 32.1. The molecule has 2 N–H and O–H groups in total. The highest BCUT2D eigenvalue weighted by molar-refractivity contribution is 7.71. The number of hydrogen-bond donors (Lipinski definition) is 1. The summed E-state index contributed by atoms with van der Waals surface area (Å²) in [6.07, 6.45) is 0. The van der Waals surface area contributed by atoms with Gasteiger partial charge < -0.3 is 15.2 Å². The van der Waals surface area contributed by atoms with Gasteiger partial charge in [0, 0.05) is 5.56 Å². The molecule has 0 fully saturated rings. The molecule has 8 heteroatoms. The van der Waals surface area contributed by atoms with Crippen molar-refractivity contribution in [3.63, 3.8) is 0 Å². The second-order valence-corrected chi connectivity index (χ2v) is 7.51. The van der Waals surface area contributed by atoms with Crippen molar-refractivity contribution in [2.75, 3.05) is 12.3 Å². The van der Waals surface area contributed by atoms with Crippen molar-refractivity contribution in [3.8, 4) is 5.88 Å². The minimum absolute atomic E-state index is 0.0331. The molecule has 0 aliphatic carbocycles. The van der Waals surface area contributed by atoms with Gasteiger partial charge in [0.05, 0.1) is 23.7 Å². The number of aromatic nitrogens is 2. The van der Waals surface area contributed by atoms with Crippen LogP contribution in [0, 0.1) is 4.77 Å². The topological polar surface area (TPSA) is 96.4 Å². The average Bonchev–Trinajstić information content (AvgIpc) is 2.79. The molecule has 0 saturated carbocycles. The minimum Gasteiger partial charge on any atom is -0.463 e. The van der Waals surface area contributed by atoms with Crippen LogP contribution in [0.5, 0.6) is 5.88 Å². The summed E-state index contributed by atoms with van der Waals surface area (Å²) < 4.78 is 12.3. The molecule has 0 saturated heterocycles. The Morgan fingerprint density at radius 1 is 1.12 bits per heavy atom. The third-order valence-electron chi connectivity index (χ3n) is 5.19. The molecule has 1 aromatic heterocycles. The minimum atomic E-state index is -0.642. The third-order valence-corrected chi connectivity index (χ3v) is 5.47. The Balaban J connectivity index is 1.97. The molecule has 1 aliphatic heterocycles. The fraction of sp³-hybridized carbons (Fsp3) is 0.167. The Hall–Kier alpha value is -3.78. The van der Waals surface area contributed by atoms with Crippen molar-refractivity contribution < 1.29 is 19.1 Å². The molecule has 0 spiro atoms. The molecular weight excluding hydrogens is 426 g/mol. The number of hydrogen-bond acceptors (Lipinski definition) is 7. The highest BCUT2D eigenvalue weighted by Gasteiger charge is 2.38. The van der Waals surface area contributed by atoms with Crippen LogP contribution in [0.3, 0.4) is 0 Å². The predicted octanol–water partition coefficient (Wildman–Crippen LogP) is 4.24. The first-order valence-corrected chi connectivity index (χ1v) is 10.5. The van der Waals surface area contributed by atoms with Gasteiger partial charge in [-0.05, 0) is 43.8 Å². The number of esters is 1. The van der Waals surface area contributed by atoms with E-state index in [-0.39, 0.29) is 23.1 Å². The van der Waals surface area contributed by atoms with Gasteiger partial charge in [0.1, 0.15) is 11.6 Å². The van der Waals surface area contributed by atoms with Crippen molar-refractivity contribution in [2.45, 2.75) is 19.8 Å². The molecule has 1 atom stereocenters. The molecule has 1 unspecified atom stereocenters. The maximum atomic E-state index is 13.2. The number of carbonyl (C=O) groups excluding carboxylic acids is 2. The first kappa shape index (κ1) is 21.5. The van der Waals surface area contributed by atoms with E-state index in [2.05, 4.69) is 4.98 Å². The maximum Gasteiger partial charge on any atom is 0.338 e. The fourth-order valence-corrected chi connectivity index (χ4v) is 4.05. The number of nitrogens with zero attached hydrogens (tertiary/aromatic N) is 2. The molecule has 3 aromatic rings. The van der Waals surface area contributed by atoms with Gasteiger partial charge in [-0.3, -0.25) is 4.79 Å². The van der Waals surface area contributed by atoms with Crippen molar-refractivity contribution in [2.24, 2.45) is 0 Å². The van der Waals surface area contributed by atoms with Gasteiger partial charge in [0.2, 0.25) is 10.7 Å². The van der Waals surface area contributed by atoms with E-state index in [4.69, 9.17) is 27.4 Å². The average molecular weight is 448 g/mol. The molecule has 0 amide bonds. The zero-order valence-corrected chi connectivity index (χ0v) is 18.4. The summed E-state index contributed by atoms with van der Waals surface area (Å²) in [5, 5.41) is 0. The van der Waals surface area contributed by atoms with E-state index in [1.807, 2.05) is 36.4 Å². The standard InChI is InChI=1S/C24H21N3O4S/c1-3-30-23(29)17-14(2)31-21-19(18(17)15-10-6-4-7-11-15)20(25)27(24(32)26-21)22(28)16-12-8-5-9-13-16/h4-13,18H,3,25H2,1-2H3. The molecule has 32 heavy (non-hydrogen) atoms. The van der Waals surface area contributed by atoms with Crippen molar-refractivity contribution in [1.82, 2.24) is 9.55 Å². The van der Waals surface area contributed by atoms with Gasteiger partial charge in [-0.25, -0.2) is 9.36 Å². The Kier molecular flexibility index (Phi) is 5.87. The summed E-state index contributed by atoms with van der Waals surface area (Å²) >= 11 is 5.38. The second-order valence-electron chi connectivity index (χ2n) is 7.14. The van der Waals surface area contributed by atoms with Crippen LogP contribution in [0.4, 0.5) is 5.82 Å². The smallest absolute Gasteiger partial charge is 0.338 e. The van der Waals surface area contributed by atoms with E-state index in [0.717, 1.165) is 5.56 Å². The van der Waals surface area contributed by atoms with E-state index < -0.39 is 17.8 Å². The fourth-order valence-electron chi connectivity index (χ4n) is 3.78. The van der Waals surface area contributed by atoms with Crippen LogP contribution in [0.15, 0.2) is 72.0 Å². The Bertz CT molecular complexity index is 1280. The number of ether oxygens (including phenoxy) is 2. The third kappa shape index (κ3) is 3.69. The van der Waals surface area contributed by atoms with Crippen LogP contribution in [0.2, 0.25) is 0 Å². The number of carbonyl (C=O) groups is 2. The Labute approximate surface area is 190 Å². The molecule has 0 radical (unpaired) electrons. The first-order valence-electron chi connectivity index (χ1n) is 10.1. The van der Waals surface area contributed by atoms with E-state index in [1.54, 1.807) is 38.1 Å². The van der Waals surface area contributed by atoms with E-state index >= 15 is 0 Å². The molecule has 4 rings (SSSR count). The normalized spacial score (nSPS) is 15.0. The van der Waals surface area contributed by atoms with E-state index in [0.29, 0.717) is 22.5 Å². The largest absolute Gasteiger partial charge is 0.463 e. The maximum absolute atomic E-state index is 13.2. The van der Waals surface area contributed by atoms with Crippen LogP contribution in [-0.2, 0) is 9.53 Å². The number of nitrogen functional groups attached to an aromatic ring is 1. The zero-order valence-electron chi connectivity index (χ0n) is 17.6. The molecular formula is C24H21N3O4S. The van der Waals surface area contributed by atoms with Crippen molar-refractivity contribution >= 4 is 29.9 Å². The van der Waals surface area contributed by atoms with E-state index in [1.165, 1.54) is 4.57 Å². The van der Waals surface area contributed by atoms with Crippen LogP contribution in [0.1, 0.15) is 41.3 Å². The lowest BCUT2D eigenvalue weighted by Crippen LogP contribution is -2.28. The number of allylic oxidation sites excluding steroid dienone is 1. The van der Waals surface area contributed by atoms with Gasteiger partial charge in [-0.15, -0.1) is 0 Å². The van der Waals surface area contributed by atoms with Gasteiger partial charge >= 0.3 is 5.97 Å². The SMILES string of the molecule is CCOC(=O)C1=C(C)Oc2nc(=S)n(C(=O)c3ccccc3)c(N)c2C1c1ccccc1. The summed E-state index contributed by atoms with van der Waals surface area (Å²) in [6, 6.07) is 18.0. The molecule has 0 bridgehead atoms. The van der Waals surface area contributed by atoms with Crippen molar-refractivity contribution in [3.05, 3.63) is 93.5 Å². The van der Waals surface area contributed by atoms with Gasteiger partial charge in [-0.2, -0.15) is 4.98 Å². The highest BCUT2D eigenvalue weighted by Crippen LogP contribution is 2.45. The van der Waals surface area contributed by atoms with Gasteiger partial charge in [0.15, 0.2) is 0 Å². The van der Waals surface area contributed by atoms with E-state index in [9.17, 15) is 9.59 Å². The molecule has 162 valence electrons. The lowest BCUT2D eigenvalue weighted by molar-refractivity contribution is -0.139. The number of rotatable bonds is 4. The summed E-state index contributed by atoms with van der Waals surface area (Å²) in [5.41, 5.74) is 8.41. The summed E-state index contributed by atoms with van der Waals surface area (Å²) in [6.45, 7) is 3.60. The molecule has 1 aliphatic rings.